The number of rotatable bonds is 40. The van der Waals surface area contributed by atoms with Gasteiger partial charge in [0.1, 0.15) is 5.75 Å². The third-order valence-corrected chi connectivity index (χ3v) is 22.6. The second kappa shape index (κ2) is 33.5. The van der Waals surface area contributed by atoms with E-state index in [1.165, 1.54) is 167 Å². The molecule has 92 heavy (non-hydrogen) atoms. The normalized spacial score (nSPS) is 17.8. The molecule has 0 N–H and O–H groups in total. The highest BCUT2D eigenvalue weighted by Gasteiger charge is 2.53. The second-order valence-electron chi connectivity index (χ2n) is 28.0. The lowest BCUT2D eigenvalue weighted by Crippen LogP contribution is -2.27. The van der Waals surface area contributed by atoms with Gasteiger partial charge in [-0.2, -0.15) is 0 Å². The van der Waals surface area contributed by atoms with Crippen LogP contribution in [0.2, 0.25) is 0 Å². The number of hydrogen-bond acceptors (Lipinski definition) is 7. The molecule has 2 aliphatic carbocycles. The molecule has 7 heteroatoms. The van der Waals surface area contributed by atoms with Crippen LogP contribution >= 0.6 is 11.8 Å². The van der Waals surface area contributed by atoms with E-state index in [0.717, 1.165) is 106 Å². The van der Waals surface area contributed by atoms with Crippen molar-refractivity contribution in [3.8, 4) is 51.0 Å². The molecule has 6 unspecified atom stereocenters. The standard InChI is InChI=1S/C85H115NO5S/c1-12-21-26-27-28-29-46-87-68-41-39-67(40-42-68)86-78-45-38-65(49-73(78)84-79(86)48-60(11)92-84)35-36-66-37-44-70-69-43-34-59(10)47-74(69)85(75(70)50-66)76-53-82(90-57-63(19-8)32-24-15-4)80(88-55-61(17-6)30-22-13-2)51-71(76)72-52-81(89-56-62(18-7)31-23-14-3)83(54-77(72)85)91-58-64(20-9)33-25-16-5/h34,37-45,47-54,61-64,79,84H,12-33,35-36,46,55-58H2,1-11H3. The highest BCUT2D eigenvalue weighted by Crippen LogP contribution is 2.66. The van der Waals surface area contributed by atoms with Gasteiger partial charge in [-0.15, -0.1) is 11.8 Å². The largest absolute Gasteiger partial charge is 0.494 e. The molecule has 6 atom stereocenters. The quantitative estimate of drug-likeness (QED) is 0.0355. The summed E-state index contributed by atoms with van der Waals surface area (Å²) in [6.45, 7) is 28.8. The summed E-state index contributed by atoms with van der Waals surface area (Å²) in [5.74, 6) is 6.24. The lowest BCUT2D eigenvalue weighted by molar-refractivity contribution is 0.199. The molecule has 4 aliphatic rings. The molecule has 0 bridgehead atoms. The Morgan fingerprint density at radius 2 is 0.870 bits per heavy atom. The first-order valence-electron chi connectivity index (χ1n) is 37.2. The van der Waals surface area contributed by atoms with Gasteiger partial charge in [-0.05, 0) is 203 Å². The van der Waals surface area contributed by atoms with Gasteiger partial charge in [0, 0.05) is 11.4 Å². The Kier molecular flexibility index (Phi) is 25.2. The molecule has 0 saturated carbocycles. The van der Waals surface area contributed by atoms with Gasteiger partial charge in [0.15, 0.2) is 23.0 Å². The smallest absolute Gasteiger partial charge is 0.161 e. The first-order valence-corrected chi connectivity index (χ1v) is 38.0. The fourth-order valence-electron chi connectivity index (χ4n) is 15.3. The summed E-state index contributed by atoms with van der Waals surface area (Å²) in [7, 11) is 0. The van der Waals surface area contributed by atoms with E-state index < -0.39 is 5.41 Å². The van der Waals surface area contributed by atoms with Crippen molar-refractivity contribution in [3.05, 3.63) is 159 Å². The van der Waals surface area contributed by atoms with E-state index in [-0.39, 0.29) is 6.04 Å². The minimum Gasteiger partial charge on any atom is -0.494 e. The third-order valence-electron chi connectivity index (χ3n) is 21.3. The molecule has 1 spiro atoms. The number of fused-ring (bicyclic) bond motifs is 13. The van der Waals surface area contributed by atoms with E-state index in [1.807, 2.05) is 11.8 Å². The molecule has 0 fully saturated rings. The minimum absolute atomic E-state index is 0.277. The molecule has 0 radical (unpaired) electrons. The van der Waals surface area contributed by atoms with Gasteiger partial charge in [0.25, 0.3) is 0 Å². The molecule has 6 aromatic carbocycles. The van der Waals surface area contributed by atoms with Gasteiger partial charge in [-0.25, -0.2) is 0 Å². The number of nitrogens with zero attached hydrogens (tertiary/aromatic N) is 1. The average Bonchev–Trinajstić information content (AvgIpc) is 1.51. The van der Waals surface area contributed by atoms with Crippen molar-refractivity contribution in [1.82, 2.24) is 0 Å². The van der Waals surface area contributed by atoms with Crippen LogP contribution in [0.5, 0.6) is 28.7 Å². The Labute approximate surface area is 561 Å². The number of anilines is 2. The molecule has 10 rings (SSSR count). The number of aryl methyl sites for hydroxylation is 3. The SMILES string of the molecule is CCCCCCCCOc1ccc(N2c3ccc(CCc4ccc5c(c4)C4(c6cc(C)ccc6-5)c5cc(OCC(CC)CCCC)c(OCC(CC)CCCC)cc5-c5cc(OCC(CC)CCCC)c(OCC(CC)CCCC)cc54)cc3C3SC(C)=CC32)cc1. The first-order chi connectivity index (χ1) is 45.0. The minimum atomic E-state index is -0.668. The molecule has 2 aliphatic heterocycles. The zero-order valence-corrected chi connectivity index (χ0v) is 59.6. The fourth-order valence-corrected chi connectivity index (χ4v) is 16.5. The lowest BCUT2D eigenvalue weighted by atomic mass is 9.70. The number of thioether (sulfide) groups is 1. The van der Waals surface area contributed by atoms with Crippen molar-refractivity contribution in [2.75, 3.05) is 37.9 Å². The molecule has 0 aromatic heterocycles. The van der Waals surface area contributed by atoms with Gasteiger partial charge < -0.3 is 28.6 Å². The zero-order valence-electron chi connectivity index (χ0n) is 58.8. The maximum Gasteiger partial charge on any atom is 0.161 e. The van der Waals surface area contributed by atoms with E-state index >= 15 is 0 Å². The van der Waals surface area contributed by atoms with Crippen LogP contribution in [0.1, 0.15) is 260 Å². The van der Waals surface area contributed by atoms with Crippen LogP contribution in [0.15, 0.2) is 114 Å². The fraction of sp³-hybridized carbons (Fsp3) is 0.553. The average molecular weight is 1260 g/mol. The summed E-state index contributed by atoms with van der Waals surface area (Å²) in [6.07, 6.45) is 30.5. The summed E-state index contributed by atoms with van der Waals surface area (Å²) >= 11 is 2.03. The summed E-state index contributed by atoms with van der Waals surface area (Å²) in [5, 5.41) is 0.356. The molecule has 6 aromatic rings. The van der Waals surface area contributed by atoms with E-state index in [1.54, 1.807) is 0 Å². The molecule has 6 nitrogen and oxygen atoms in total. The van der Waals surface area contributed by atoms with Gasteiger partial charge >= 0.3 is 0 Å². The van der Waals surface area contributed by atoms with Gasteiger partial charge in [0.2, 0.25) is 0 Å². The second-order valence-corrected chi connectivity index (χ2v) is 29.3. The van der Waals surface area contributed by atoms with Crippen molar-refractivity contribution >= 4 is 23.1 Å². The van der Waals surface area contributed by atoms with Gasteiger partial charge in [0.05, 0.1) is 49.7 Å². The Morgan fingerprint density at radius 1 is 0.424 bits per heavy atom. The predicted molar refractivity (Wildman–Crippen MR) is 392 cm³/mol. The number of allylic oxidation sites excluding steroid dienone is 1. The Morgan fingerprint density at radius 3 is 1.38 bits per heavy atom. The molecular formula is C85H115NO5S. The van der Waals surface area contributed by atoms with Crippen LogP contribution in [-0.2, 0) is 18.3 Å². The molecule has 496 valence electrons. The van der Waals surface area contributed by atoms with E-state index in [9.17, 15) is 0 Å². The lowest BCUT2D eigenvalue weighted by Gasteiger charge is -2.32. The Hall–Kier alpha value is -5.79. The van der Waals surface area contributed by atoms with Crippen LogP contribution in [0.3, 0.4) is 0 Å². The number of benzene rings is 6. The maximum atomic E-state index is 7.28. The van der Waals surface area contributed by atoms with E-state index in [4.69, 9.17) is 23.7 Å². The molecule has 0 amide bonds. The van der Waals surface area contributed by atoms with Crippen LogP contribution in [-0.4, -0.2) is 39.1 Å². The van der Waals surface area contributed by atoms with Crippen LogP contribution in [0, 0.1) is 30.6 Å². The number of ether oxygens (including phenoxy) is 5. The highest BCUT2D eigenvalue weighted by molar-refractivity contribution is 8.03. The Balaban J connectivity index is 1.06. The molecular weight excluding hydrogens is 1150 g/mol. The number of hydrogen-bond donors (Lipinski definition) is 0. The summed E-state index contributed by atoms with van der Waals surface area (Å²) in [4.78, 5) is 3.98. The zero-order chi connectivity index (χ0) is 64.6. The van der Waals surface area contributed by atoms with Crippen LogP contribution in [0.4, 0.5) is 11.4 Å². The predicted octanol–water partition coefficient (Wildman–Crippen LogP) is 24.5. The van der Waals surface area contributed by atoms with Crippen molar-refractivity contribution in [1.29, 1.82) is 0 Å². The highest BCUT2D eigenvalue weighted by atomic mass is 32.2. The van der Waals surface area contributed by atoms with Gasteiger partial charge in [-0.1, -0.05) is 232 Å². The van der Waals surface area contributed by atoms with Crippen molar-refractivity contribution < 1.29 is 23.7 Å². The van der Waals surface area contributed by atoms with E-state index in [0.29, 0.717) is 55.3 Å². The molecule has 0 saturated heterocycles. The van der Waals surface area contributed by atoms with Crippen LogP contribution in [0.25, 0.3) is 22.3 Å². The van der Waals surface area contributed by atoms with Crippen molar-refractivity contribution in [2.24, 2.45) is 23.7 Å². The Bertz CT molecular complexity index is 3270. The van der Waals surface area contributed by atoms with Crippen molar-refractivity contribution in [3.63, 3.8) is 0 Å². The molecule has 2 heterocycles. The number of unbranched alkanes of at least 4 members (excludes halogenated alkanes) is 9. The van der Waals surface area contributed by atoms with Crippen LogP contribution < -0.4 is 28.6 Å². The van der Waals surface area contributed by atoms with Crippen molar-refractivity contribution in [2.45, 2.75) is 247 Å². The summed E-state index contributed by atoms with van der Waals surface area (Å²) < 4.78 is 35.2. The topological polar surface area (TPSA) is 49.4 Å². The third kappa shape index (κ3) is 15.6. The summed E-state index contributed by atoms with van der Waals surface area (Å²) in [5.41, 5.74) is 17.5. The first kappa shape index (κ1) is 69.1. The monoisotopic (exact) mass is 1260 g/mol. The maximum absolute atomic E-state index is 7.28. The van der Waals surface area contributed by atoms with E-state index in [2.05, 4.69) is 190 Å². The summed E-state index contributed by atoms with van der Waals surface area (Å²) in [6, 6.07) is 40.9. The van der Waals surface area contributed by atoms with Gasteiger partial charge in [-0.3, -0.25) is 0 Å².